The SMILES string of the molecule is CC(C)(C)c1c(N(OC(=O)Nc2ccc3c(Br)c(N)ccc3c2C(C)(C)C)C(=O)O)ccc2cc(N)ccc12. The number of carboxylic acid groups (broad SMARTS) is 1. The summed E-state index contributed by atoms with van der Waals surface area (Å²) in [5, 5.41) is 17.0. The lowest BCUT2D eigenvalue weighted by atomic mass is 9.82. The highest BCUT2D eigenvalue weighted by molar-refractivity contribution is 9.10. The molecule has 4 aromatic carbocycles. The van der Waals surface area contributed by atoms with Gasteiger partial charge in [0, 0.05) is 21.5 Å². The van der Waals surface area contributed by atoms with Crippen LogP contribution in [0.15, 0.2) is 59.1 Å². The fraction of sp³-hybridized carbons (Fsp3) is 0.267. The molecule has 4 rings (SSSR count). The number of hydrogen-bond donors (Lipinski definition) is 4. The van der Waals surface area contributed by atoms with E-state index in [-0.39, 0.29) is 11.1 Å². The van der Waals surface area contributed by atoms with Gasteiger partial charge in [-0.2, -0.15) is 0 Å². The average Bonchev–Trinajstić information content (AvgIpc) is 2.82. The van der Waals surface area contributed by atoms with Crippen molar-refractivity contribution in [1.82, 2.24) is 0 Å². The Bertz CT molecular complexity index is 1620. The Morgan fingerprint density at radius 3 is 2.08 bits per heavy atom. The molecule has 0 unspecified atom stereocenters. The molecule has 0 saturated heterocycles. The maximum atomic E-state index is 13.2. The molecule has 0 radical (unpaired) electrons. The first-order chi connectivity index (χ1) is 18.1. The number of carbonyl (C=O) groups is 2. The van der Waals surface area contributed by atoms with Crippen LogP contribution in [0.25, 0.3) is 21.5 Å². The second kappa shape index (κ2) is 9.96. The van der Waals surface area contributed by atoms with Crippen molar-refractivity contribution in [3.05, 3.63) is 70.2 Å². The Morgan fingerprint density at radius 2 is 1.46 bits per heavy atom. The first kappa shape index (κ1) is 28.0. The quantitative estimate of drug-likeness (QED) is 0.137. The highest BCUT2D eigenvalue weighted by atomic mass is 79.9. The molecule has 6 N–H and O–H groups in total. The van der Waals surface area contributed by atoms with Gasteiger partial charge in [-0.25, -0.2) is 9.59 Å². The van der Waals surface area contributed by atoms with Gasteiger partial charge >= 0.3 is 12.2 Å². The highest BCUT2D eigenvalue weighted by Crippen LogP contribution is 2.41. The number of nitrogens with zero attached hydrogens (tertiary/aromatic N) is 1. The Kier molecular flexibility index (Phi) is 7.16. The number of hydroxylamine groups is 1. The summed E-state index contributed by atoms with van der Waals surface area (Å²) in [5.41, 5.74) is 14.7. The van der Waals surface area contributed by atoms with E-state index in [1.165, 1.54) is 0 Å². The second-order valence-corrected chi connectivity index (χ2v) is 12.4. The molecule has 2 amide bonds. The zero-order chi connectivity index (χ0) is 28.9. The van der Waals surface area contributed by atoms with E-state index in [9.17, 15) is 14.7 Å². The number of fused-ring (bicyclic) bond motifs is 2. The van der Waals surface area contributed by atoms with Gasteiger partial charge in [0.1, 0.15) is 0 Å². The van der Waals surface area contributed by atoms with Gasteiger partial charge in [0.05, 0.1) is 5.69 Å². The van der Waals surface area contributed by atoms with Gasteiger partial charge in [-0.15, -0.1) is 5.06 Å². The summed E-state index contributed by atoms with van der Waals surface area (Å²) in [4.78, 5) is 31.1. The van der Waals surface area contributed by atoms with E-state index in [2.05, 4.69) is 21.2 Å². The smallest absolute Gasteiger partial charge is 0.445 e. The molecule has 204 valence electrons. The third-order valence-electron chi connectivity index (χ3n) is 6.49. The minimum absolute atomic E-state index is 0.247. The van der Waals surface area contributed by atoms with E-state index in [0.29, 0.717) is 27.7 Å². The Hall–Kier alpha value is -3.98. The number of nitrogens with two attached hydrogens (primary N) is 2. The molecule has 8 nitrogen and oxygen atoms in total. The highest BCUT2D eigenvalue weighted by Gasteiger charge is 2.30. The molecule has 0 aromatic heterocycles. The van der Waals surface area contributed by atoms with Crippen LogP contribution < -0.4 is 21.8 Å². The van der Waals surface area contributed by atoms with E-state index in [4.69, 9.17) is 16.3 Å². The summed E-state index contributed by atoms with van der Waals surface area (Å²) in [7, 11) is 0. The number of carbonyl (C=O) groups excluding carboxylic acids is 1. The van der Waals surface area contributed by atoms with E-state index < -0.39 is 17.6 Å². The van der Waals surface area contributed by atoms with Gasteiger partial charge in [0.25, 0.3) is 0 Å². The zero-order valence-electron chi connectivity index (χ0n) is 22.8. The maximum absolute atomic E-state index is 13.2. The molecule has 0 heterocycles. The molecule has 0 fully saturated rings. The normalized spacial score (nSPS) is 12.0. The molecule has 0 atom stereocenters. The van der Waals surface area contributed by atoms with Crippen LogP contribution in [0.5, 0.6) is 0 Å². The molecule has 0 aliphatic rings. The van der Waals surface area contributed by atoms with Crippen LogP contribution in [0.4, 0.5) is 32.3 Å². The van der Waals surface area contributed by atoms with Crippen LogP contribution in [-0.4, -0.2) is 17.3 Å². The molecule has 0 spiro atoms. The third-order valence-corrected chi connectivity index (χ3v) is 7.38. The van der Waals surface area contributed by atoms with Crippen molar-refractivity contribution in [3.8, 4) is 0 Å². The Balaban J connectivity index is 1.77. The Labute approximate surface area is 236 Å². The Morgan fingerprint density at radius 1 is 0.846 bits per heavy atom. The largest absolute Gasteiger partial charge is 0.463 e. The van der Waals surface area contributed by atoms with Gasteiger partial charge in [-0.05, 0) is 89.8 Å². The van der Waals surface area contributed by atoms with Gasteiger partial charge in [-0.3, -0.25) is 5.32 Å². The number of nitrogens with one attached hydrogen (secondary N) is 1. The van der Waals surface area contributed by atoms with Crippen LogP contribution >= 0.6 is 15.9 Å². The van der Waals surface area contributed by atoms with Crippen molar-refractivity contribution in [2.24, 2.45) is 0 Å². The van der Waals surface area contributed by atoms with Gasteiger partial charge in [0.2, 0.25) is 0 Å². The topological polar surface area (TPSA) is 131 Å². The summed E-state index contributed by atoms with van der Waals surface area (Å²) in [6.45, 7) is 12.0. The lowest BCUT2D eigenvalue weighted by Crippen LogP contribution is -2.36. The number of amides is 2. The van der Waals surface area contributed by atoms with Crippen molar-refractivity contribution in [3.63, 3.8) is 0 Å². The van der Waals surface area contributed by atoms with Crippen LogP contribution in [0, 0.1) is 0 Å². The van der Waals surface area contributed by atoms with Crippen molar-refractivity contribution >= 4 is 72.4 Å². The van der Waals surface area contributed by atoms with E-state index in [1.54, 1.807) is 30.3 Å². The molecule has 0 saturated carbocycles. The molecular weight excluding hydrogens is 560 g/mol. The number of rotatable bonds is 2. The second-order valence-electron chi connectivity index (χ2n) is 11.6. The number of benzene rings is 4. The van der Waals surface area contributed by atoms with Crippen LogP contribution in [0.3, 0.4) is 0 Å². The van der Waals surface area contributed by atoms with Crippen LogP contribution in [-0.2, 0) is 15.7 Å². The minimum Gasteiger partial charge on any atom is -0.463 e. The predicted molar refractivity (Wildman–Crippen MR) is 162 cm³/mol. The van der Waals surface area contributed by atoms with Crippen molar-refractivity contribution in [1.29, 1.82) is 0 Å². The van der Waals surface area contributed by atoms with Gasteiger partial charge in [-0.1, -0.05) is 65.8 Å². The summed E-state index contributed by atoms with van der Waals surface area (Å²) in [5.74, 6) is 0. The summed E-state index contributed by atoms with van der Waals surface area (Å²) >= 11 is 3.56. The van der Waals surface area contributed by atoms with Crippen molar-refractivity contribution in [2.45, 2.75) is 52.4 Å². The number of nitrogen functional groups attached to an aromatic ring is 2. The molecule has 4 aromatic rings. The molecule has 39 heavy (non-hydrogen) atoms. The standard InChI is InChI=1S/C30H33BrN4O4/c1-29(2,3)24-19-10-12-21(33)26(31)20(19)11-13-22(24)34-27(36)39-35(28(37)38)23-14-7-16-15-17(32)8-9-18(16)25(23)30(4,5)6/h7-15H,32-33H2,1-6H3,(H,34,36)(H,37,38). The monoisotopic (exact) mass is 592 g/mol. The number of anilines is 4. The maximum Gasteiger partial charge on any atom is 0.445 e. The fourth-order valence-electron chi connectivity index (χ4n) is 5.00. The zero-order valence-corrected chi connectivity index (χ0v) is 24.4. The van der Waals surface area contributed by atoms with Gasteiger partial charge < -0.3 is 21.4 Å². The first-order valence-electron chi connectivity index (χ1n) is 12.5. The van der Waals surface area contributed by atoms with Crippen LogP contribution in [0.2, 0.25) is 0 Å². The lowest BCUT2D eigenvalue weighted by Gasteiger charge is -2.29. The predicted octanol–water partition coefficient (Wildman–Crippen LogP) is 8.16. The molecule has 0 bridgehead atoms. The molecule has 9 heteroatoms. The molecule has 0 aliphatic heterocycles. The summed E-state index contributed by atoms with van der Waals surface area (Å²) in [6.07, 6.45) is -2.37. The minimum atomic E-state index is -1.43. The van der Waals surface area contributed by atoms with Crippen molar-refractivity contribution < 1.29 is 19.5 Å². The summed E-state index contributed by atoms with van der Waals surface area (Å²) < 4.78 is 0.768. The summed E-state index contributed by atoms with van der Waals surface area (Å²) in [6, 6.07) is 16.2. The van der Waals surface area contributed by atoms with E-state index >= 15 is 0 Å². The molecular formula is C30H33BrN4O4. The fourth-order valence-corrected chi connectivity index (χ4v) is 5.48. The van der Waals surface area contributed by atoms with E-state index in [1.807, 2.05) is 65.8 Å². The van der Waals surface area contributed by atoms with Crippen LogP contribution in [0.1, 0.15) is 52.7 Å². The van der Waals surface area contributed by atoms with Gasteiger partial charge in [0.15, 0.2) is 0 Å². The first-order valence-corrected chi connectivity index (χ1v) is 13.2. The number of hydrogen-bond acceptors (Lipinski definition) is 5. The van der Waals surface area contributed by atoms with Crippen molar-refractivity contribution in [2.75, 3.05) is 21.8 Å². The molecule has 0 aliphatic carbocycles. The number of halogens is 1. The third kappa shape index (κ3) is 5.45. The average molecular weight is 594 g/mol. The van der Waals surface area contributed by atoms with E-state index in [0.717, 1.165) is 31.6 Å². The lowest BCUT2D eigenvalue weighted by molar-refractivity contribution is 0.127.